The molecular weight excluding hydrogens is 298 g/mol. The third kappa shape index (κ3) is 7.45. The smallest absolute Gasteiger partial charge is 0.191 e. The summed E-state index contributed by atoms with van der Waals surface area (Å²) in [7, 11) is 1.65. The van der Waals surface area contributed by atoms with Crippen molar-refractivity contribution in [2.75, 3.05) is 38.8 Å². The zero-order valence-corrected chi connectivity index (χ0v) is 14.7. The Hall–Kier alpha value is -1.56. The molecule has 1 rings (SSSR count). The molecular formula is C16H27N3O2S. The second kappa shape index (κ2) is 11.1. The lowest BCUT2D eigenvalue weighted by Crippen LogP contribution is -2.39. The Morgan fingerprint density at radius 1 is 1.23 bits per heavy atom. The molecule has 22 heavy (non-hydrogen) atoms. The molecule has 0 radical (unpaired) electrons. The van der Waals surface area contributed by atoms with E-state index in [9.17, 15) is 0 Å². The number of aliphatic imine (C=N–C) groups is 1. The topological polar surface area (TPSA) is 54.9 Å². The van der Waals surface area contributed by atoms with E-state index < -0.39 is 0 Å². The molecule has 0 aliphatic carbocycles. The van der Waals surface area contributed by atoms with Crippen molar-refractivity contribution in [1.29, 1.82) is 0 Å². The van der Waals surface area contributed by atoms with Gasteiger partial charge in [-0.2, -0.15) is 11.8 Å². The predicted octanol–water partition coefficient (Wildman–Crippen LogP) is 2.38. The van der Waals surface area contributed by atoms with Crippen molar-refractivity contribution in [2.24, 2.45) is 4.99 Å². The van der Waals surface area contributed by atoms with Gasteiger partial charge in [0.05, 0.1) is 13.7 Å². The van der Waals surface area contributed by atoms with Gasteiger partial charge >= 0.3 is 0 Å². The third-order valence-corrected chi connectivity index (χ3v) is 3.46. The first-order chi connectivity index (χ1) is 10.7. The summed E-state index contributed by atoms with van der Waals surface area (Å²) in [5.41, 5.74) is 0. The Balaban J connectivity index is 2.45. The van der Waals surface area contributed by atoms with E-state index in [2.05, 4.69) is 28.8 Å². The normalized spacial score (nSPS) is 12.6. The monoisotopic (exact) mass is 325 g/mol. The van der Waals surface area contributed by atoms with E-state index in [1.54, 1.807) is 7.11 Å². The third-order valence-electron chi connectivity index (χ3n) is 2.85. The van der Waals surface area contributed by atoms with Crippen molar-refractivity contribution in [3.05, 3.63) is 24.3 Å². The molecule has 1 aromatic rings. The SMILES string of the molecule is CCNC(=NCC(C)Oc1ccc(OC)cc1)NCCSC. The highest BCUT2D eigenvalue weighted by Crippen LogP contribution is 2.18. The van der Waals surface area contributed by atoms with Crippen LogP contribution in [0.25, 0.3) is 0 Å². The predicted molar refractivity (Wildman–Crippen MR) is 95.4 cm³/mol. The second-order valence-corrected chi connectivity index (χ2v) is 5.73. The molecule has 0 heterocycles. The van der Waals surface area contributed by atoms with E-state index >= 15 is 0 Å². The molecule has 0 aromatic heterocycles. The molecule has 0 bridgehead atoms. The van der Waals surface area contributed by atoms with E-state index in [1.807, 2.05) is 43.0 Å². The lowest BCUT2D eigenvalue weighted by atomic mass is 10.3. The highest BCUT2D eigenvalue weighted by molar-refractivity contribution is 7.98. The number of nitrogens with one attached hydrogen (secondary N) is 2. The van der Waals surface area contributed by atoms with E-state index in [-0.39, 0.29) is 6.10 Å². The van der Waals surface area contributed by atoms with Crippen LogP contribution in [0, 0.1) is 0 Å². The summed E-state index contributed by atoms with van der Waals surface area (Å²) in [6, 6.07) is 7.58. The Bertz CT molecular complexity index is 438. The maximum absolute atomic E-state index is 5.85. The minimum absolute atomic E-state index is 0.00408. The Morgan fingerprint density at radius 2 is 1.91 bits per heavy atom. The molecule has 1 aromatic carbocycles. The van der Waals surface area contributed by atoms with Crippen LogP contribution in [0.2, 0.25) is 0 Å². The number of rotatable bonds is 9. The number of guanidine groups is 1. The molecule has 1 atom stereocenters. The summed E-state index contributed by atoms with van der Waals surface area (Å²) >= 11 is 1.81. The number of ether oxygens (including phenoxy) is 2. The fourth-order valence-corrected chi connectivity index (χ4v) is 2.06. The standard InChI is InChI=1S/C16H27N3O2S/c1-5-17-16(18-10-11-22-4)19-12-13(2)21-15-8-6-14(20-3)7-9-15/h6-9,13H,5,10-12H2,1-4H3,(H2,17,18,19). The van der Waals surface area contributed by atoms with E-state index in [4.69, 9.17) is 9.47 Å². The largest absolute Gasteiger partial charge is 0.497 e. The van der Waals surface area contributed by atoms with Gasteiger partial charge in [0.25, 0.3) is 0 Å². The molecule has 0 aliphatic rings. The van der Waals surface area contributed by atoms with Crippen LogP contribution in [0.3, 0.4) is 0 Å². The van der Waals surface area contributed by atoms with Gasteiger partial charge in [-0.05, 0) is 44.4 Å². The van der Waals surface area contributed by atoms with E-state index in [0.717, 1.165) is 36.3 Å². The van der Waals surface area contributed by atoms with Crippen LogP contribution in [0.5, 0.6) is 11.5 Å². The molecule has 124 valence electrons. The lowest BCUT2D eigenvalue weighted by Gasteiger charge is -2.15. The van der Waals surface area contributed by atoms with Crippen molar-refractivity contribution in [1.82, 2.24) is 10.6 Å². The van der Waals surface area contributed by atoms with Gasteiger partial charge < -0.3 is 20.1 Å². The molecule has 5 nitrogen and oxygen atoms in total. The van der Waals surface area contributed by atoms with Gasteiger partial charge in [0.15, 0.2) is 5.96 Å². The fraction of sp³-hybridized carbons (Fsp3) is 0.562. The first kappa shape index (κ1) is 18.5. The molecule has 1 unspecified atom stereocenters. The maximum Gasteiger partial charge on any atom is 0.191 e. The number of hydrogen-bond donors (Lipinski definition) is 2. The van der Waals surface area contributed by atoms with Crippen molar-refractivity contribution in [2.45, 2.75) is 20.0 Å². The number of nitrogens with zero attached hydrogens (tertiary/aromatic N) is 1. The zero-order chi connectivity index (χ0) is 16.2. The minimum atomic E-state index is 0.00408. The fourth-order valence-electron chi connectivity index (χ4n) is 1.76. The van der Waals surface area contributed by atoms with Gasteiger partial charge in [-0.3, -0.25) is 0 Å². The highest BCUT2D eigenvalue weighted by atomic mass is 32.2. The number of hydrogen-bond acceptors (Lipinski definition) is 4. The van der Waals surface area contributed by atoms with Crippen molar-refractivity contribution < 1.29 is 9.47 Å². The van der Waals surface area contributed by atoms with Gasteiger partial charge in [0, 0.05) is 18.8 Å². The average Bonchev–Trinajstić information content (AvgIpc) is 2.53. The van der Waals surface area contributed by atoms with Crippen molar-refractivity contribution >= 4 is 17.7 Å². The van der Waals surface area contributed by atoms with Crippen LogP contribution in [0.4, 0.5) is 0 Å². The van der Waals surface area contributed by atoms with Gasteiger partial charge in [-0.1, -0.05) is 0 Å². The molecule has 0 spiro atoms. The van der Waals surface area contributed by atoms with Gasteiger partial charge in [0.2, 0.25) is 0 Å². The van der Waals surface area contributed by atoms with Crippen molar-refractivity contribution in [3.8, 4) is 11.5 Å². The number of thioether (sulfide) groups is 1. The summed E-state index contributed by atoms with van der Waals surface area (Å²) in [6.07, 6.45) is 2.10. The molecule has 0 saturated heterocycles. The Morgan fingerprint density at radius 3 is 2.50 bits per heavy atom. The average molecular weight is 325 g/mol. The van der Waals surface area contributed by atoms with Gasteiger partial charge in [-0.15, -0.1) is 0 Å². The Kier molecular flexibility index (Phi) is 9.30. The number of benzene rings is 1. The summed E-state index contributed by atoms with van der Waals surface area (Å²) in [4.78, 5) is 4.55. The van der Waals surface area contributed by atoms with Crippen LogP contribution in [-0.2, 0) is 0 Å². The second-order valence-electron chi connectivity index (χ2n) is 4.74. The molecule has 0 fully saturated rings. The minimum Gasteiger partial charge on any atom is -0.497 e. The van der Waals surface area contributed by atoms with Gasteiger partial charge in [0.1, 0.15) is 17.6 Å². The first-order valence-electron chi connectivity index (χ1n) is 7.51. The first-order valence-corrected chi connectivity index (χ1v) is 8.90. The molecule has 6 heteroatoms. The van der Waals surface area contributed by atoms with Crippen LogP contribution in [-0.4, -0.2) is 50.8 Å². The number of methoxy groups -OCH3 is 1. The van der Waals surface area contributed by atoms with Crippen LogP contribution in [0.1, 0.15) is 13.8 Å². The van der Waals surface area contributed by atoms with Crippen LogP contribution < -0.4 is 20.1 Å². The highest BCUT2D eigenvalue weighted by Gasteiger charge is 2.05. The van der Waals surface area contributed by atoms with Crippen LogP contribution >= 0.6 is 11.8 Å². The molecule has 0 aliphatic heterocycles. The quantitative estimate of drug-likeness (QED) is 0.415. The van der Waals surface area contributed by atoms with E-state index in [0.29, 0.717) is 6.54 Å². The zero-order valence-electron chi connectivity index (χ0n) is 13.9. The Labute approximate surface area is 137 Å². The molecule has 2 N–H and O–H groups in total. The maximum atomic E-state index is 5.85. The summed E-state index contributed by atoms with van der Waals surface area (Å²) < 4.78 is 11.0. The van der Waals surface area contributed by atoms with Crippen molar-refractivity contribution in [3.63, 3.8) is 0 Å². The summed E-state index contributed by atoms with van der Waals surface area (Å²) in [5.74, 6) is 3.54. The van der Waals surface area contributed by atoms with Crippen LogP contribution in [0.15, 0.2) is 29.3 Å². The molecule has 0 saturated carbocycles. The molecule has 0 amide bonds. The lowest BCUT2D eigenvalue weighted by molar-refractivity contribution is 0.230. The van der Waals surface area contributed by atoms with E-state index in [1.165, 1.54) is 0 Å². The summed E-state index contributed by atoms with van der Waals surface area (Å²) in [6.45, 7) is 6.42. The summed E-state index contributed by atoms with van der Waals surface area (Å²) in [5, 5.41) is 6.54. The van der Waals surface area contributed by atoms with Gasteiger partial charge in [-0.25, -0.2) is 4.99 Å².